The lowest BCUT2D eigenvalue weighted by Gasteiger charge is -2.18. The first-order valence-corrected chi connectivity index (χ1v) is 9.12. The Morgan fingerprint density at radius 2 is 2.00 bits per heavy atom. The minimum atomic E-state index is -4.53. The summed E-state index contributed by atoms with van der Waals surface area (Å²) in [6, 6.07) is 3.78. The van der Waals surface area contributed by atoms with Crippen LogP contribution < -0.4 is 10.0 Å². The van der Waals surface area contributed by atoms with Crippen molar-refractivity contribution in [3.8, 4) is 12.3 Å². The normalized spacial score (nSPS) is 18.9. The maximum absolute atomic E-state index is 12.4. The third-order valence-corrected chi connectivity index (χ3v) is 5.23. The Hall–Kier alpha value is -2.09. The molecule has 10 heteroatoms. The topological polar surface area (TPSA) is 84.5 Å². The van der Waals surface area contributed by atoms with Crippen LogP contribution in [0, 0.1) is 18.3 Å². The number of alkyl halides is 3. The van der Waals surface area contributed by atoms with Gasteiger partial charge in [0.15, 0.2) is 0 Å². The van der Waals surface area contributed by atoms with Crippen LogP contribution in [0.3, 0.4) is 0 Å². The van der Waals surface area contributed by atoms with Crippen LogP contribution in [-0.4, -0.2) is 46.3 Å². The van der Waals surface area contributed by atoms with Crippen molar-refractivity contribution in [2.24, 2.45) is 5.92 Å². The van der Waals surface area contributed by atoms with Crippen molar-refractivity contribution in [3.05, 3.63) is 29.8 Å². The van der Waals surface area contributed by atoms with E-state index in [2.05, 4.69) is 10.6 Å². The molecule has 2 atom stereocenters. The average molecular weight is 390 g/mol. The van der Waals surface area contributed by atoms with Gasteiger partial charge in [-0.2, -0.15) is 17.9 Å². The molecular formula is C16H17F3N2O4S. The van der Waals surface area contributed by atoms with Gasteiger partial charge in [-0.05, 0) is 30.7 Å². The van der Waals surface area contributed by atoms with E-state index in [0.717, 1.165) is 24.3 Å². The number of carbonyl (C=O) groups is 1. The minimum Gasteiger partial charge on any atom is -0.381 e. The minimum absolute atomic E-state index is 0.0918. The summed E-state index contributed by atoms with van der Waals surface area (Å²) in [4.78, 5) is 11.5. The summed E-state index contributed by atoms with van der Waals surface area (Å²) in [5.41, 5.74) is -0.0918. The fourth-order valence-corrected chi connectivity index (χ4v) is 3.61. The smallest absolute Gasteiger partial charge is 0.381 e. The highest BCUT2D eigenvalue weighted by Gasteiger charge is 2.29. The van der Waals surface area contributed by atoms with Gasteiger partial charge in [0.05, 0.1) is 17.5 Å². The molecule has 0 spiro atoms. The first kappa shape index (κ1) is 20.2. The Labute approximate surface area is 149 Å². The Balaban J connectivity index is 2.06. The van der Waals surface area contributed by atoms with E-state index in [1.165, 1.54) is 0 Å². The zero-order chi connectivity index (χ0) is 19.4. The Kier molecular flexibility index (Phi) is 6.28. The quantitative estimate of drug-likeness (QED) is 0.717. The molecule has 1 amide bonds. The van der Waals surface area contributed by atoms with E-state index in [4.69, 9.17) is 11.2 Å². The molecule has 0 unspecified atom stereocenters. The summed E-state index contributed by atoms with van der Waals surface area (Å²) in [7, 11) is -3.95. The Morgan fingerprint density at radius 3 is 2.50 bits per heavy atom. The summed E-state index contributed by atoms with van der Waals surface area (Å²) in [6.45, 7) is -0.608. The Morgan fingerprint density at radius 1 is 1.35 bits per heavy atom. The van der Waals surface area contributed by atoms with Crippen molar-refractivity contribution in [2.75, 3.05) is 19.8 Å². The summed E-state index contributed by atoms with van der Waals surface area (Å²) in [6.07, 6.45) is 1.50. The van der Waals surface area contributed by atoms with Gasteiger partial charge in [0.1, 0.15) is 6.54 Å². The van der Waals surface area contributed by atoms with Gasteiger partial charge >= 0.3 is 6.18 Å². The standard InChI is InChI=1S/C16H17F3N2O4S/c1-2-14(12-7-8-25-9-12)21-26(23,24)13-5-3-11(4-6-13)15(22)20-10-16(17,18)19/h1,3-6,12,14,21H,7-10H2,(H,20,22)/t12-,14+/m1/s1. The lowest BCUT2D eigenvalue weighted by Crippen LogP contribution is -2.39. The molecule has 1 saturated heterocycles. The van der Waals surface area contributed by atoms with Crippen molar-refractivity contribution < 1.29 is 31.1 Å². The number of carbonyl (C=O) groups excluding carboxylic acids is 1. The molecule has 1 fully saturated rings. The molecule has 0 aromatic heterocycles. The zero-order valence-electron chi connectivity index (χ0n) is 13.5. The number of hydrogen-bond acceptors (Lipinski definition) is 4. The van der Waals surface area contributed by atoms with Crippen LogP contribution in [0.15, 0.2) is 29.2 Å². The average Bonchev–Trinajstić information content (AvgIpc) is 3.11. The van der Waals surface area contributed by atoms with Crippen molar-refractivity contribution >= 4 is 15.9 Å². The zero-order valence-corrected chi connectivity index (χ0v) is 14.4. The van der Waals surface area contributed by atoms with Gasteiger partial charge in [-0.25, -0.2) is 8.42 Å². The van der Waals surface area contributed by atoms with Gasteiger partial charge in [-0.1, -0.05) is 5.92 Å². The van der Waals surface area contributed by atoms with Crippen LogP contribution in [-0.2, 0) is 14.8 Å². The molecule has 1 aromatic rings. The van der Waals surface area contributed by atoms with E-state index < -0.39 is 34.7 Å². The number of benzene rings is 1. The predicted molar refractivity (Wildman–Crippen MR) is 86.7 cm³/mol. The second-order valence-electron chi connectivity index (χ2n) is 5.71. The van der Waals surface area contributed by atoms with Crippen LogP contribution in [0.1, 0.15) is 16.8 Å². The predicted octanol–water partition coefficient (Wildman–Crippen LogP) is 1.30. The molecule has 0 radical (unpaired) electrons. The number of sulfonamides is 1. The molecule has 0 saturated carbocycles. The number of amides is 1. The van der Waals surface area contributed by atoms with Crippen molar-refractivity contribution in [3.63, 3.8) is 0 Å². The van der Waals surface area contributed by atoms with E-state index in [1.807, 2.05) is 0 Å². The summed E-state index contributed by atoms with van der Waals surface area (Å²) < 4.78 is 68.7. The summed E-state index contributed by atoms with van der Waals surface area (Å²) >= 11 is 0. The molecule has 1 heterocycles. The van der Waals surface area contributed by atoms with E-state index in [0.29, 0.717) is 19.6 Å². The van der Waals surface area contributed by atoms with Crippen molar-refractivity contribution in [2.45, 2.75) is 23.5 Å². The van der Waals surface area contributed by atoms with Crippen LogP contribution in [0.4, 0.5) is 13.2 Å². The van der Waals surface area contributed by atoms with Crippen LogP contribution in [0.25, 0.3) is 0 Å². The van der Waals surface area contributed by atoms with Gasteiger partial charge < -0.3 is 10.1 Å². The molecule has 1 aliphatic rings. The van der Waals surface area contributed by atoms with Crippen LogP contribution in [0.2, 0.25) is 0 Å². The molecule has 26 heavy (non-hydrogen) atoms. The fourth-order valence-electron chi connectivity index (χ4n) is 2.39. The summed E-state index contributed by atoms with van der Waals surface area (Å²) in [5, 5.41) is 1.71. The molecule has 6 nitrogen and oxygen atoms in total. The summed E-state index contributed by atoms with van der Waals surface area (Å²) in [5.74, 6) is 1.30. The third-order valence-electron chi connectivity index (χ3n) is 3.77. The second-order valence-corrected chi connectivity index (χ2v) is 7.43. The number of rotatable bonds is 6. The van der Waals surface area contributed by atoms with Gasteiger partial charge in [-0.3, -0.25) is 4.79 Å². The second kappa shape index (κ2) is 8.07. The maximum atomic E-state index is 12.4. The van der Waals surface area contributed by atoms with Gasteiger partial charge in [0.25, 0.3) is 5.91 Å². The molecular weight excluding hydrogens is 373 g/mol. The SMILES string of the molecule is C#C[C@H](NS(=O)(=O)c1ccc(C(=O)NCC(F)(F)F)cc1)[C@@H]1CCOC1. The highest BCUT2D eigenvalue weighted by molar-refractivity contribution is 7.89. The van der Waals surface area contributed by atoms with E-state index in [9.17, 15) is 26.4 Å². The van der Waals surface area contributed by atoms with Gasteiger partial charge in [0.2, 0.25) is 10.0 Å². The van der Waals surface area contributed by atoms with E-state index in [-0.39, 0.29) is 16.4 Å². The maximum Gasteiger partial charge on any atom is 0.405 e. The first-order chi connectivity index (χ1) is 12.1. The molecule has 2 N–H and O–H groups in total. The highest BCUT2D eigenvalue weighted by atomic mass is 32.2. The van der Waals surface area contributed by atoms with Crippen LogP contribution in [0.5, 0.6) is 0 Å². The third kappa shape index (κ3) is 5.45. The van der Waals surface area contributed by atoms with Crippen LogP contribution >= 0.6 is 0 Å². The number of hydrogen-bond donors (Lipinski definition) is 2. The number of ether oxygens (including phenoxy) is 1. The highest BCUT2D eigenvalue weighted by Crippen LogP contribution is 2.19. The van der Waals surface area contributed by atoms with Crippen molar-refractivity contribution in [1.29, 1.82) is 0 Å². The van der Waals surface area contributed by atoms with E-state index >= 15 is 0 Å². The van der Waals surface area contributed by atoms with E-state index in [1.54, 1.807) is 5.32 Å². The number of halogens is 3. The first-order valence-electron chi connectivity index (χ1n) is 7.63. The lowest BCUT2D eigenvalue weighted by molar-refractivity contribution is -0.123. The van der Waals surface area contributed by atoms with Crippen molar-refractivity contribution in [1.82, 2.24) is 10.0 Å². The fraction of sp³-hybridized carbons (Fsp3) is 0.438. The van der Waals surface area contributed by atoms with Gasteiger partial charge in [-0.15, -0.1) is 6.42 Å². The molecule has 1 aromatic carbocycles. The molecule has 142 valence electrons. The molecule has 0 aliphatic carbocycles. The molecule has 1 aliphatic heterocycles. The molecule has 2 rings (SSSR count). The monoisotopic (exact) mass is 390 g/mol. The Bertz CT molecular complexity index is 779. The molecule has 0 bridgehead atoms. The number of terminal acetylenes is 1. The van der Waals surface area contributed by atoms with Gasteiger partial charge in [0, 0.05) is 18.1 Å². The number of nitrogens with one attached hydrogen (secondary N) is 2. The lowest BCUT2D eigenvalue weighted by atomic mass is 10.0. The largest absolute Gasteiger partial charge is 0.405 e.